The number of pyridine rings is 1. The first-order valence-corrected chi connectivity index (χ1v) is 6.25. The van der Waals surface area contributed by atoms with Crippen molar-refractivity contribution in [3.63, 3.8) is 0 Å². The minimum Gasteiger partial charge on any atom is -0.298 e. The van der Waals surface area contributed by atoms with E-state index in [1.54, 1.807) is 12.3 Å². The van der Waals surface area contributed by atoms with Crippen LogP contribution >= 0.6 is 11.6 Å². The van der Waals surface area contributed by atoms with Crippen LogP contribution < -0.4 is 0 Å². The van der Waals surface area contributed by atoms with E-state index in [0.29, 0.717) is 10.6 Å². The van der Waals surface area contributed by atoms with Gasteiger partial charge in [0.15, 0.2) is 6.29 Å². The Morgan fingerprint density at radius 1 is 1.11 bits per heavy atom. The van der Waals surface area contributed by atoms with Gasteiger partial charge in [0.25, 0.3) is 0 Å². The molecule has 0 spiro atoms. The van der Waals surface area contributed by atoms with Gasteiger partial charge in [0.1, 0.15) is 0 Å². The third-order valence-corrected chi connectivity index (χ3v) is 3.46. The van der Waals surface area contributed by atoms with Crippen molar-refractivity contribution in [2.75, 3.05) is 0 Å². The lowest BCUT2D eigenvalue weighted by Gasteiger charge is -2.07. The van der Waals surface area contributed by atoms with Gasteiger partial charge in [-0.1, -0.05) is 35.9 Å². The first-order chi connectivity index (χ1) is 9.29. The summed E-state index contributed by atoms with van der Waals surface area (Å²) in [6.07, 6.45) is 4.37. The molecule has 19 heavy (non-hydrogen) atoms. The van der Waals surface area contributed by atoms with Crippen molar-refractivity contribution >= 4 is 28.7 Å². The number of rotatable bonds is 2. The van der Waals surface area contributed by atoms with Crippen LogP contribution in [-0.2, 0) is 0 Å². The highest BCUT2D eigenvalue weighted by Gasteiger charge is 2.06. The molecule has 0 aliphatic carbocycles. The quantitative estimate of drug-likeness (QED) is 0.646. The number of carbonyl (C=O) groups is 1. The maximum Gasteiger partial charge on any atom is 0.151 e. The normalized spacial score (nSPS) is 10.6. The molecule has 92 valence electrons. The predicted molar refractivity (Wildman–Crippen MR) is 77.6 cm³/mol. The summed E-state index contributed by atoms with van der Waals surface area (Å²) in [5.41, 5.74) is 2.55. The third-order valence-electron chi connectivity index (χ3n) is 3.11. The molecule has 0 N–H and O–H groups in total. The summed E-state index contributed by atoms with van der Waals surface area (Å²) in [6, 6.07) is 13.5. The Hall–Kier alpha value is -2.19. The predicted octanol–water partition coefficient (Wildman–Crippen LogP) is 4.37. The van der Waals surface area contributed by atoms with Crippen LogP contribution in [-0.4, -0.2) is 11.3 Å². The Labute approximate surface area is 115 Å². The Kier molecular flexibility index (Phi) is 3.02. The number of hydrogen-bond acceptors (Lipinski definition) is 2. The van der Waals surface area contributed by atoms with Crippen LogP contribution in [0.25, 0.3) is 21.9 Å². The van der Waals surface area contributed by atoms with E-state index < -0.39 is 0 Å². The van der Waals surface area contributed by atoms with Crippen molar-refractivity contribution in [1.29, 1.82) is 0 Å². The van der Waals surface area contributed by atoms with E-state index in [4.69, 9.17) is 11.6 Å². The minimum absolute atomic E-state index is 0.473. The Morgan fingerprint density at radius 2 is 2.00 bits per heavy atom. The topological polar surface area (TPSA) is 30.0 Å². The molecule has 3 rings (SSSR count). The van der Waals surface area contributed by atoms with Gasteiger partial charge in [-0.25, -0.2) is 0 Å². The van der Waals surface area contributed by atoms with Crippen LogP contribution in [0.3, 0.4) is 0 Å². The van der Waals surface area contributed by atoms with E-state index in [2.05, 4.69) is 4.98 Å². The zero-order chi connectivity index (χ0) is 13.2. The molecule has 2 nitrogen and oxygen atoms in total. The zero-order valence-corrected chi connectivity index (χ0v) is 10.8. The third kappa shape index (κ3) is 2.11. The van der Waals surface area contributed by atoms with E-state index in [9.17, 15) is 4.79 Å². The number of aldehydes is 1. The van der Waals surface area contributed by atoms with E-state index in [1.165, 1.54) is 0 Å². The average Bonchev–Trinajstić information content (AvgIpc) is 2.47. The van der Waals surface area contributed by atoms with Gasteiger partial charge in [-0.2, -0.15) is 0 Å². The Morgan fingerprint density at radius 3 is 2.84 bits per heavy atom. The number of halogens is 1. The van der Waals surface area contributed by atoms with Crippen LogP contribution in [0.1, 0.15) is 10.4 Å². The maximum atomic E-state index is 11.0. The van der Waals surface area contributed by atoms with Gasteiger partial charge in [0.2, 0.25) is 0 Å². The lowest BCUT2D eigenvalue weighted by molar-refractivity contribution is 0.112. The lowest BCUT2D eigenvalue weighted by atomic mass is 9.98. The van der Waals surface area contributed by atoms with E-state index in [-0.39, 0.29) is 0 Å². The molecule has 0 bridgehead atoms. The summed E-state index contributed by atoms with van der Waals surface area (Å²) in [7, 11) is 0. The number of hydrogen-bond donors (Lipinski definition) is 0. The van der Waals surface area contributed by atoms with Crippen LogP contribution in [0.5, 0.6) is 0 Å². The van der Waals surface area contributed by atoms with Gasteiger partial charge in [-0.3, -0.25) is 9.78 Å². The average molecular weight is 268 g/mol. The summed E-state index contributed by atoms with van der Waals surface area (Å²) >= 11 is 5.96. The first-order valence-electron chi connectivity index (χ1n) is 5.87. The molecule has 0 saturated carbocycles. The molecule has 0 aliphatic heterocycles. The summed E-state index contributed by atoms with van der Waals surface area (Å²) in [4.78, 5) is 15.1. The molecule has 0 atom stereocenters. The number of nitrogens with zero attached hydrogens (tertiary/aromatic N) is 1. The van der Waals surface area contributed by atoms with E-state index in [1.807, 2.05) is 42.6 Å². The molecule has 0 fully saturated rings. The lowest BCUT2D eigenvalue weighted by Crippen LogP contribution is -1.86. The van der Waals surface area contributed by atoms with Crippen molar-refractivity contribution < 1.29 is 4.79 Å². The molecular formula is C16H10ClNO. The second-order valence-electron chi connectivity index (χ2n) is 4.26. The molecule has 1 aromatic heterocycles. The molecule has 0 unspecified atom stereocenters. The van der Waals surface area contributed by atoms with Crippen molar-refractivity contribution in [2.24, 2.45) is 0 Å². The molecule has 3 aromatic rings. The second kappa shape index (κ2) is 4.82. The van der Waals surface area contributed by atoms with Crippen molar-refractivity contribution in [2.45, 2.75) is 0 Å². The molecule has 0 aliphatic rings. The largest absolute Gasteiger partial charge is 0.298 e. The molecule has 0 saturated heterocycles. The van der Waals surface area contributed by atoms with Gasteiger partial charge < -0.3 is 0 Å². The molecule has 3 heteroatoms. The summed E-state index contributed by atoms with van der Waals surface area (Å²) in [6.45, 7) is 0. The fourth-order valence-electron chi connectivity index (χ4n) is 2.18. The van der Waals surface area contributed by atoms with Gasteiger partial charge in [0, 0.05) is 23.3 Å². The van der Waals surface area contributed by atoms with Gasteiger partial charge >= 0.3 is 0 Å². The molecule has 1 heterocycles. The number of carbonyl (C=O) groups excluding carboxylic acids is 1. The van der Waals surface area contributed by atoms with Gasteiger partial charge in [0.05, 0.1) is 5.02 Å². The first kappa shape index (κ1) is 11.9. The summed E-state index contributed by atoms with van der Waals surface area (Å²) in [5.74, 6) is 0. The van der Waals surface area contributed by atoms with Crippen LogP contribution in [0.15, 0.2) is 54.9 Å². The number of aromatic nitrogens is 1. The van der Waals surface area contributed by atoms with Crippen LogP contribution in [0.2, 0.25) is 5.02 Å². The standard InChI is InChI=1S/C16H10ClNO/c17-16-5-4-11(8-13(16)10-19)14-3-1-2-12-9-18-7-6-15(12)14/h1-10H. The number of fused-ring (bicyclic) bond motifs is 1. The highest BCUT2D eigenvalue weighted by molar-refractivity contribution is 6.33. The molecule has 0 amide bonds. The monoisotopic (exact) mass is 267 g/mol. The van der Waals surface area contributed by atoms with Gasteiger partial charge in [-0.05, 0) is 34.7 Å². The molecular weight excluding hydrogens is 258 g/mol. The Bertz CT molecular complexity index is 762. The number of benzene rings is 2. The highest BCUT2D eigenvalue weighted by Crippen LogP contribution is 2.30. The molecule has 0 radical (unpaired) electrons. The SMILES string of the molecule is O=Cc1cc(-c2cccc3cnccc23)ccc1Cl. The van der Waals surface area contributed by atoms with Crippen LogP contribution in [0, 0.1) is 0 Å². The van der Waals surface area contributed by atoms with Crippen LogP contribution in [0.4, 0.5) is 0 Å². The fraction of sp³-hybridized carbons (Fsp3) is 0. The van der Waals surface area contributed by atoms with Gasteiger partial charge in [-0.15, -0.1) is 0 Å². The van der Waals surface area contributed by atoms with E-state index >= 15 is 0 Å². The van der Waals surface area contributed by atoms with Crippen molar-refractivity contribution in [3.8, 4) is 11.1 Å². The van der Waals surface area contributed by atoms with Crippen molar-refractivity contribution in [3.05, 3.63) is 65.4 Å². The Balaban J connectivity index is 2.27. The highest BCUT2D eigenvalue weighted by atomic mass is 35.5. The summed E-state index contributed by atoms with van der Waals surface area (Å²) < 4.78 is 0. The summed E-state index contributed by atoms with van der Waals surface area (Å²) in [5, 5.41) is 2.65. The second-order valence-corrected chi connectivity index (χ2v) is 4.66. The maximum absolute atomic E-state index is 11.0. The van der Waals surface area contributed by atoms with E-state index in [0.717, 1.165) is 28.2 Å². The van der Waals surface area contributed by atoms with Crippen molar-refractivity contribution in [1.82, 2.24) is 4.98 Å². The zero-order valence-electron chi connectivity index (χ0n) is 10.0. The fourth-order valence-corrected chi connectivity index (χ4v) is 2.34. The minimum atomic E-state index is 0.473. The molecule has 2 aromatic carbocycles. The smallest absolute Gasteiger partial charge is 0.151 e.